The largest absolute Gasteiger partial charge is 0.368 e. The number of hydrogen-bond acceptors (Lipinski definition) is 2. The molecule has 0 aromatic heterocycles. The molecule has 1 atom stereocenters. The number of nitrogens with one attached hydrogen (secondary N) is 1. The molecule has 7 heteroatoms. The van der Waals surface area contributed by atoms with Gasteiger partial charge in [-0.25, -0.2) is 8.78 Å². The van der Waals surface area contributed by atoms with Crippen LogP contribution in [0.25, 0.3) is 0 Å². The summed E-state index contributed by atoms with van der Waals surface area (Å²) in [6.07, 6.45) is -0.111. The van der Waals surface area contributed by atoms with Gasteiger partial charge in [-0.15, -0.1) is 0 Å². The predicted molar refractivity (Wildman–Crippen MR) is 89.0 cm³/mol. The molecule has 2 aromatic rings. The lowest BCUT2D eigenvalue weighted by atomic mass is 10.0. The third-order valence-corrected chi connectivity index (χ3v) is 4.20. The van der Waals surface area contributed by atoms with Gasteiger partial charge in [-0.05, 0) is 23.3 Å². The van der Waals surface area contributed by atoms with Gasteiger partial charge in [0.25, 0.3) is 0 Å². The third-order valence-electron chi connectivity index (χ3n) is 3.43. The van der Waals surface area contributed by atoms with Crippen LogP contribution in [0, 0.1) is 11.6 Å². The number of halogens is 3. The molecule has 0 heterocycles. The van der Waals surface area contributed by atoms with Crippen molar-refractivity contribution in [1.29, 1.82) is 0 Å². The molecule has 0 fully saturated rings. The van der Waals surface area contributed by atoms with E-state index < -0.39 is 29.5 Å². The van der Waals surface area contributed by atoms with Crippen LogP contribution >= 0.6 is 15.9 Å². The van der Waals surface area contributed by atoms with Gasteiger partial charge in [-0.2, -0.15) is 0 Å². The first-order chi connectivity index (χ1) is 11.4. The molecular formula is C17H15BrF2N2O2. The lowest BCUT2D eigenvalue weighted by molar-refractivity contribution is -0.127. The number of benzene rings is 2. The average Bonchev–Trinajstić information content (AvgIpc) is 2.51. The second-order valence-corrected chi connectivity index (χ2v) is 6.08. The normalized spacial score (nSPS) is 11.8. The van der Waals surface area contributed by atoms with E-state index in [0.717, 1.165) is 16.1 Å². The quantitative estimate of drug-likeness (QED) is 0.786. The van der Waals surface area contributed by atoms with Crippen LogP contribution in [0.4, 0.5) is 8.78 Å². The highest BCUT2D eigenvalue weighted by Gasteiger charge is 2.20. The minimum Gasteiger partial charge on any atom is -0.368 e. The minimum absolute atomic E-state index is 0.0398. The Balaban J connectivity index is 2.06. The zero-order valence-electron chi connectivity index (χ0n) is 12.6. The van der Waals surface area contributed by atoms with E-state index in [1.165, 1.54) is 6.07 Å². The molecule has 0 saturated carbocycles. The Bertz CT molecular complexity index is 768. The Morgan fingerprint density at radius 3 is 2.46 bits per heavy atom. The van der Waals surface area contributed by atoms with Crippen LogP contribution in [-0.2, 0) is 22.4 Å². The van der Waals surface area contributed by atoms with Crippen LogP contribution in [0.3, 0.4) is 0 Å². The fraction of sp³-hybridized carbons (Fsp3) is 0.176. The van der Waals surface area contributed by atoms with Crippen molar-refractivity contribution in [2.45, 2.75) is 18.9 Å². The molecule has 0 unspecified atom stereocenters. The molecule has 0 aliphatic heterocycles. The van der Waals surface area contributed by atoms with Gasteiger partial charge >= 0.3 is 0 Å². The highest BCUT2D eigenvalue weighted by Crippen LogP contribution is 2.17. The highest BCUT2D eigenvalue weighted by atomic mass is 79.9. The minimum atomic E-state index is -0.931. The smallest absolute Gasteiger partial charge is 0.240 e. The number of carbonyl (C=O) groups excluding carboxylic acids is 2. The molecule has 0 radical (unpaired) electrons. The van der Waals surface area contributed by atoms with Crippen LogP contribution in [0.5, 0.6) is 0 Å². The average molecular weight is 397 g/mol. The topological polar surface area (TPSA) is 72.2 Å². The fourth-order valence-corrected chi connectivity index (χ4v) is 2.64. The maximum Gasteiger partial charge on any atom is 0.240 e. The molecule has 0 aliphatic rings. The Labute approximate surface area is 146 Å². The van der Waals surface area contributed by atoms with E-state index in [-0.39, 0.29) is 18.4 Å². The second-order valence-electron chi connectivity index (χ2n) is 5.23. The van der Waals surface area contributed by atoms with E-state index in [4.69, 9.17) is 5.73 Å². The predicted octanol–water partition coefficient (Wildman–Crippen LogP) is 2.48. The number of primary amides is 1. The summed E-state index contributed by atoms with van der Waals surface area (Å²) in [5.74, 6) is -2.80. The van der Waals surface area contributed by atoms with E-state index in [9.17, 15) is 18.4 Å². The molecule has 126 valence electrons. The Kier molecular flexibility index (Phi) is 6.03. The molecule has 0 bridgehead atoms. The number of hydrogen-bond donors (Lipinski definition) is 2. The van der Waals surface area contributed by atoms with Crippen molar-refractivity contribution in [2.75, 3.05) is 0 Å². The van der Waals surface area contributed by atoms with E-state index in [2.05, 4.69) is 21.2 Å². The zero-order valence-corrected chi connectivity index (χ0v) is 14.1. The lowest BCUT2D eigenvalue weighted by Crippen LogP contribution is -2.46. The number of carbonyl (C=O) groups is 2. The number of nitrogens with two attached hydrogens (primary N) is 1. The van der Waals surface area contributed by atoms with E-state index in [1.54, 1.807) is 12.1 Å². The van der Waals surface area contributed by atoms with Gasteiger partial charge in [0.2, 0.25) is 11.8 Å². The van der Waals surface area contributed by atoms with Crippen molar-refractivity contribution in [2.24, 2.45) is 5.73 Å². The van der Waals surface area contributed by atoms with Gasteiger partial charge in [0.15, 0.2) is 0 Å². The monoisotopic (exact) mass is 396 g/mol. The fourth-order valence-electron chi connectivity index (χ4n) is 2.19. The molecular weight excluding hydrogens is 382 g/mol. The summed E-state index contributed by atoms with van der Waals surface area (Å²) < 4.78 is 27.3. The summed E-state index contributed by atoms with van der Waals surface area (Å²) in [5, 5.41) is 2.49. The molecule has 4 nitrogen and oxygen atoms in total. The van der Waals surface area contributed by atoms with E-state index in [0.29, 0.717) is 6.07 Å². The van der Waals surface area contributed by atoms with Crippen LogP contribution < -0.4 is 11.1 Å². The summed E-state index contributed by atoms with van der Waals surface area (Å²) in [6.45, 7) is 0. The maximum atomic E-state index is 13.6. The molecule has 2 amide bonds. The summed E-state index contributed by atoms with van der Waals surface area (Å²) in [5.41, 5.74) is 6.17. The number of amides is 2. The van der Waals surface area contributed by atoms with Crippen molar-refractivity contribution < 1.29 is 18.4 Å². The Morgan fingerprint density at radius 1 is 1.12 bits per heavy atom. The van der Waals surface area contributed by atoms with E-state index >= 15 is 0 Å². The van der Waals surface area contributed by atoms with E-state index in [1.807, 2.05) is 12.1 Å². The molecule has 2 aromatic carbocycles. The van der Waals surface area contributed by atoms with Crippen molar-refractivity contribution in [3.63, 3.8) is 0 Å². The van der Waals surface area contributed by atoms with Crippen LogP contribution in [0.1, 0.15) is 11.1 Å². The standard InChI is InChI=1S/C17H15BrF2N2O2/c18-13-4-2-1-3-10(13)7-15(17(21)24)22-16(23)8-11-5-6-12(19)9-14(11)20/h1-6,9,15H,7-8H2,(H2,21,24)(H,22,23)/t15-/m1/s1. The SMILES string of the molecule is NC(=O)[C@@H](Cc1ccccc1Br)NC(=O)Cc1ccc(F)cc1F. The Hall–Kier alpha value is -2.28. The molecule has 0 spiro atoms. The maximum absolute atomic E-state index is 13.6. The van der Waals surface area contributed by atoms with Gasteiger partial charge in [0, 0.05) is 17.0 Å². The third kappa shape index (κ3) is 4.86. The zero-order chi connectivity index (χ0) is 17.7. The van der Waals surface area contributed by atoms with Crippen LogP contribution in [0.15, 0.2) is 46.9 Å². The summed E-state index contributed by atoms with van der Waals surface area (Å²) in [4.78, 5) is 23.6. The molecule has 24 heavy (non-hydrogen) atoms. The van der Waals surface area contributed by atoms with Crippen molar-refractivity contribution in [1.82, 2.24) is 5.32 Å². The first-order valence-corrected chi connectivity index (χ1v) is 7.92. The van der Waals surface area contributed by atoms with Gasteiger partial charge in [-0.3, -0.25) is 9.59 Å². The first-order valence-electron chi connectivity index (χ1n) is 7.13. The molecule has 3 N–H and O–H groups in total. The van der Waals surface area contributed by atoms with Crippen LogP contribution in [-0.4, -0.2) is 17.9 Å². The van der Waals surface area contributed by atoms with Gasteiger partial charge in [0.05, 0.1) is 6.42 Å². The molecule has 0 aliphatic carbocycles. The van der Waals surface area contributed by atoms with Crippen molar-refractivity contribution in [3.05, 3.63) is 69.7 Å². The summed E-state index contributed by atoms with van der Waals surface area (Å²) in [7, 11) is 0. The molecule has 0 saturated heterocycles. The lowest BCUT2D eigenvalue weighted by Gasteiger charge is -2.16. The first kappa shape index (κ1) is 18.1. The van der Waals surface area contributed by atoms with Crippen molar-refractivity contribution >= 4 is 27.7 Å². The second kappa shape index (κ2) is 8.01. The highest BCUT2D eigenvalue weighted by molar-refractivity contribution is 9.10. The van der Waals surface area contributed by atoms with Gasteiger partial charge in [-0.1, -0.05) is 40.2 Å². The number of rotatable bonds is 6. The Morgan fingerprint density at radius 2 is 1.83 bits per heavy atom. The summed E-state index contributed by atoms with van der Waals surface area (Å²) in [6, 6.07) is 9.26. The molecule has 2 rings (SSSR count). The van der Waals surface area contributed by atoms with Crippen LogP contribution in [0.2, 0.25) is 0 Å². The van der Waals surface area contributed by atoms with Gasteiger partial charge in [0.1, 0.15) is 17.7 Å². The van der Waals surface area contributed by atoms with Gasteiger partial charge < -0.3 is 11.1 Å². The van der Waals surface area contributed by atoms with Crippen molar-refractivity contribution in [3.8, 4) is 0 Å². The summed E-state index contributed by atoms with van der Waals surface area (Å²) >= 11 is 3.36.